The third-order valence-electron chi connectivity index (χ3n) is 3.76. The Balaban J connectivity index is 2.13. The van der Waals surface area contributed by atoms with Crippen molar-refractivity contribution in [3.8, 4) is 0 Å². The van der Waals surface area contributed by atoms with E-state index in [4.69, 9.17) is 5.73 Å². The molecule has 0 bridgehead atoms. The third kappa shape index (κ3) is 1.78. The van der Waals surface area contributed by atoms with Crippen LogP contribution in [0, 0.1) is 0 Å². The first-order valence-corrected chi connectivity index (χ1v) is 6.38. The number of primary amides is 1. The zero-order chi connectivity index (χ0) is 12.5. The number of benzene rings is 1. The van der Waals surface area contributed by atoms with Crippen LogP contribution >= 0.6 is 0 Å². The first-order valence-electron chi connectivity index (χ1n) is 6.38. The maximum Gasteiger partial charge on any atom is 0.323 e. The van der Waals surface area contributed by atoms with Gasteiger partial charge in [-0.2, -0.15) is 0 Å². The van der Waals surface area contributed by atoms with E-state index in [0.29, 0.717) is 5.92 Å². The van der Waals surface area contributed by atoms with Crippen LogP contribution in [0.1, 0.15) is 24.3 Å². The summed E-state index contributed by atoms with van der Waals surface area (Å²) in [6, 6.07) is 7.56. The number of carbonyl (C=O) groups is 1. The fourth-order valence-corrected chi connectivity index (χ4v) is 2.85. The second kappa shape index (κ2) is 4.46. The molecule has 1 aromatic carbocycles. The molecule has 1 aliphatic rings. The van der Waals surface area contributed by atoms with E-state index in [-0.39, 0.29) is 0 Å². The largest absolute Gasteiger partial charge is 0.351 e. The molecule has 1 fully saturated rings. The average Bonchev–Trinajstić information content (AvgIpc) is 2.79. The van der Waals surface area contributed by atoms with Crippen LogP contribution in [-0.4, -0.2) is 23.7 Å². The summed E-state index contributed by atoms with van der Waals surface area (Å²) in [5.41, 5.74) is 7.61. The van der Waals surface area contributed by atoms with Crippen LogP contribution in [0.25, 0.3) is 10.9 Å². The Bertz CT molecular complexity index is 582. The number of hydrogen-bond donors (Lipinski definition) is 2. The molecule has 0 spiro atoms. The maximum atomic E-state index is 11.5. The van der Waals surface area contributed by atoms with Gasteiger partial charge in [-0.05, 0) is 43.5 Å². The fourth-order valence-electron chi connectivity index (χ4n) is 2.85. The molecule has 3 N–H and O–H groups in total. The number of carbonyl (C=O) groups excluding carboxylic acids is 1. The zero-order valence-corrected chi connectivity index (χ0v) is 10.2. The van der Waals surface area contributed by atoms with Crippen LogP contribution in [0.3, 0.4) is 0 Å². The summed E-state index contributed by atoms with van der Waals surface area (Å²) >= 11 is 0. The van der Waals surface area contributed by atoms with Crippen molar-refractivity contribution in [2.45, 2.75) is 18.8 Å². The van der Waals surface area contributed by atoms with Crippen molar-refractivity contribution in [3.63, 3.8) is 0 Å². The lowest BCUT2D eigenvalue weighted by molar-refractivity contribution is 0.251. The van der Waals surface area contributed by atoms with Gasteiger partial charge >= 0.3 is 6.03 Å². The van der Waals surface area contributed by atoms with Gasteiger partial charge in [0.2, 0.25) is 0 Å². The van der Waals surface area contributed by atoms with E-state index in [1.165, 1.54) is 5.56 Å². The van der Waals surface area contributed by atoms with Gasteiger partial charge in [0, 0.05) is 11.6 Å². The van der Waals surface area contributed by atoms with Crippen LogP contribution in [0.2, 0.25) is 0 Å². The second-order valence-electron chi connectivity index (χ2n) is 4.83. The minimum atomic E-state index is -0.411. The van der Waals surface area contributed by atoms with Gasteiger partial charge in [0.1, 0.15) is 0 Å². The predicted octanol–water partition coefficient (Wildman–Crippen LogP) is 2.04. The number of nitrogens with one attached hydrogen (secondary N) is 1. The van der Waals surface area contributed by atoms with E-state index >= 15 is 0 Å². The van der Waals surface area contributed by atoms with E-state index in [2.05, 4.69) is 11.4 Å². The Hall–Kier alpha value is -1.81. The molecule has 1 aromatic heterocycles. The third-order valence-corrected chi connectivity index (χ3v) is 3.76. The Morgan fingerprint density at radius 1 is 1.28 bits per heavy atom. The van der Waals surface area contributed by atoms with E-state index < -0.39 is 6.03 Å². The van der Waals surface area contributed by atoms with Crippen molar-refractivity contribution in [2.75, 3.05) is 13.1 Å². The number of amides is 1. The standard InChI is InChI=1S/C14H17N3O/c15-14(18)17-9-12(10-5-7-16-8-6-10)11-3-1-2-4-13(11)17/h1-4,9-10,16H,5-8H2,(H2,15,18). The van der Waals surface area contributed by atoms with E-state index in [1.807, 2.05) is 24.4 Å². The Kier molecular flexibility index (Phi) is 2.80. The summed E-state index contributed by atoms with van der Waals surface area (Å²) in [6.07, 6.45) is 4.16. The fraction of sp³-hybridized carbons (Fsp3) is 0.357. The second-order valence-corrected chi connectivity index (χ2v) is 4.83. The number of nitrogens with two attached hydrogens (primary N) is 1. The molecule has 2 heterocycles. The van der Waals surface area contributed by atoms with Crippen LogP contribution in [0.5, 0.6) is 0 Å². The molecule has 0 atom stereocenters. The van der Waals surface area contributed by atoms with Crippen LogP contribution < -0.4 is 11.1 Å². The number of fused-ring (bicyclic) bond motifs is 1. The van der Waals surface area contributed by atoms with Gasteiger partial charge in [-0.25, -0.2) is 4.79 Å². The highest BCUT2D eigenvalue weighted by atomic mass is 16.2. The van der Waals surface area contributed by atoms with Crippen molar-refractivity contribution in [1.82, 2.24) is 9.88 Å². The Morgan fingerprint density at radius 3 is 2.72 bits per heavy atom. The summed E-state index contributed by atoms with van der Waals surface area (Å²) in [6.45, 7) is 2.08. The molecule has 1 aliphatic heterocycles. The van der Waals surface area contributed by atoms with Crippen molar-refractivity contribution in [2.24, 2.45) is 5.73 Å². The normalized spacial score (nSPS) is 17.1. The molecular formula is C14H17N3O. The average molecular weight is 243 g/mol. The van der Waals surface area contributed by atoms with Gasteiger partial charge in [0.05, 0.1) is 5.52 Å². The predicted molar refractivity (Wildman–Crippen MR) is 71.8 cm³/mol. The Morgan fingerprint density at radius 2 is 2.00 bits per heavy atom. The highest BCUT2D eigenvalue weighted by molar-refractivity contribution is 5.93. The van der Waals surface area contributed by atoms with Crippen molar-refractivity contribution in [1.29, 1.82) is 0 Å². The van der Waals surface area contributed by atoms with Crippen LogP contribution in [0.4, 0.5) is 4.79 Å². The Labute approximate surface area is 106 Å². The minimum absolute atomic E-state index is 0.411. The molecule has 0 unspecified atom stereocenters. The molecule has 94 valence electrons. The molecule has 0 saturated carbocycles. The van der Waals surface area contributed by atoms with E-state index in [0.717, 1.165) is 36.8 Å². The summed E-state index contributed by atoms with van der Waals surface area (Å²) < 4.78 is 1.56. The van der Waals surface area contributed by atoms with E-state index in [1.54, 1.807) is 4.57 Å². The number of hydrogen-bond acceptors (Lipinski definition) is 2. The minimum Gasteiger partial charge on any atom is -0.351 e. The number of piperidine rings is 1. The summed E-state index contributed by atoms with van der Waals surface area (Å²) in [5, 5.41) is 4.52. The quantitative estimate of drug-likeness (QED) is 0.805. The molecule has 0 aliphatic carbocycles. The van der Waals surface area contributed by atoms with Gasteiger partial charge in [-0.1, -0.05) is 18.2 Å². The highest BCUT2D eigenvalue weighted by Crippen LogP contribution is 2.32. The number of para-hydroxylation sites is 1. The number of nitrogens with zero attached hydrogens (tertiary/aromatic N) is 1. The molecule has 3 rings (SSSR count). The lowest BCUT2D eigenvalue weighted by Crippen LogP contribution is -2.26. The molecule has 1 saturated heterocycles. The lowest BCUT2D eigenvalue weighted by Gasteiger charge is -2.22. The maximum absolute atomic E-state index is 11.5. The van der Waals surface area contributed by atoms with Gasteiger partial charge in [0.25, 0.3) is 0 Å². The molecular weight excluding hydrogens is 226 g/mol. The van der Waals surface area contributed by atoms with Crippen molar-refractivity contribution < 1.29 is 4.79 Å². The summed E-state index contributed by atoms with van der Waals surface area (Å²) in [4.78, 5) is 11.5. The topological polar surface area (TPSA) is 60.1 Å². The monoisotopic (exact) mass is 243 g/mol. The van der Waals surface area contributed by atoms with Crippen molar-refractivity contribution in [3.05, 3.63) is 36.0 Å². The molecule has 4 nitrogen and oxygen atoms in total. The summed E-state index contributed by atoms with van der Waals surface area (Å²) in [5.74, 6) is 0.525. The van der Waals surface area contributed by atoms with Gasteiger partial charge in [-0.15, -0.1) is 0 Å². The smallest absolute Gasteiger partial charge is 0.323 e. The highest BCUT2D eigenvalue weighted by Gasteiger charge is 2.20. The first-order chi connectivity index (χ1) is 8.77. The van der Waals surface area contributed by atoms with Gasteiger partial charge in [-0.3, -0.25) is 4.57 Å². The molecule has 4 heteroatoms. The zero-order valence-electron chi connectivity index (χ0n) is 10.2. The van der Waals surface area contributed by atoms with Gasteiger partial charge < -0.3 is 11.1 Å². The molecule has 18 heavy (non-hydrogen) atoms. The molecule has 0 radical (unpaired) electrons. The van der Waals surface area contributed by atoms with Crippen LogP contribution in [-0.2, 0) is 0 Å². The molecule has 2 aromatic rings. The van der Waals surface area contributed by atoms with Gasteiger partial charge in [0.15, 0.2) is 0 Å². The first kappa shape index (κ1) is 11.3. The number of rotatable bonds is 1. The lowest BCUT2D eigenvalue weighted by atomic mass is 9.90. The molecule has 1 amide bonds. The number of aromatic nitrogens is 1. The van der Waals surface area contributed by atoms with Crippen LogP contribution in [0.15, 0.2) is 30.5 Å². The summed E-state index contributed by atoms with van der Waals surface area (Å²) in [7, 11) is 0. The van der Waals surface area contributed by atoms with E-state index in [9.17, 15) is 4.79 Å². The van der Waals surface area contributed by atoms with Crippen molar-refractivity contribution >= 4 is 16.9 Å². The SMILES string of the molecule is NC(=O)n1cc(C2CCNCC2)c2ccccc21.